The first-order valence-electron chi connectivity index (χ1n) is 9.80. The van der Waals surface area contributed by atoms with Crippen LogP contribution in [0.4, 0.5) is 15.8 Å². The van der Waals surface area contributed by atoms with Crippen LogP contribution in [0.15, 0.2) is 42.5 Å². The van der Waals surface area contributed by atoms with Crippen LogP contribution >= 0.6 is 0 Å². The van der Waals surface area contributed by atoms with Crippen LogP contribution in [-0.4, -0.2) is 32.0 Å². The second-order valence-electron chi connectivity index (χ2n) is 7.16. The monoisotopic (exact) mass is 399 g/mol. The van der Waals surface area contributed by atoms with Gasteiger partial charge in [-0.3, -0.25) is 9.59 Å². The third-order valence-electron chi connectivity index (χ3n) is 5.06. The molecule has 7 heteroatoms. The smallest absolute Gasteiger partial charge is 0.255 e. The van der Waals surface area contributed by atoms with E-state index in [2.05, 4.69) is 16.0 Å². The summed E-state index contributed by atoms with van der Waals surface area (Å²) in [4.78, 5) is 24.7. The molecule has 0 saturated carbocycles. The summed E-state index contributed by atoms with van der Waals surface area (Å²) < 4.78 is 18.7. The molecule has 1 saturated heterocycles. The summed E-state index contributed by atoms with van der Waals surface area (Å²) in [6.07, 6.45) is 3.53. The number of carbonyl (C=O) groups is 2. The van der Waals surface area contributed by atoms with Crippen LogP contribution in [0.1, 0.15) is 36.0 Å². The molecule has 0 unspecified atom stereocenters. The number of halogens is 1. The van der Waals surface area contributed by atoms with Crippen molar-refractivity contribution in [3.63, 3.8) is 0 Å². The Kier molecular flexibility index (Phi) is 7.19. The molecule has 0 aliphatic carbocycles. The summed E-state index contributed by atoms with van der Waals surface area (Å²) >= 11 is 0. The van der Waals surface area contributed by atoms with Crippen LogP contribution in [0.3, 0.4) is 0 Å². The maximum atomic E-state index is 13.4. The van der Waals surface area contributed by atoms with Crippen molar-refractivity contribution in [3.8, 4) is 5.75 Å². The molecule has 0 bridgehead atoms. The van der Waals surface area contributed by atoms with Crippen molar-refractivity contribution in [1.82, 2.24) is 5.32 Å². The van der Waals surface area contributed by atoms with E-state index in [0.29, 0.717) is 29.5 Å². The third kappa shape index (κ3) is 6.02. The normalized spacial score (nSPS) is 14.3. The fourth-order valence-electron chi connectivity index (χ4n) is 3.44. The minimum absolute atomic E-state index is 0.0592. The van der Waals surface area contributed by atoms with E-state index in [1.54, 1.807) is 18.2 Å². The van der Waals surface area contributed by atoms with E-state index in [0.717, 1.165) is 38.4 Å². The Morgan fingerprint density at radius 1 is 1.14 bits per heavy atom. The predicted octanol–water partition coefficient (Wildman–Crippen LogP) is 3.80. The molecule has 1 aliphatic heterocycles. The summed E-state index contributed by atoms with van der Waals surface area (Å²) in [7, 11) is 1.49. The Balaban J connectivity index is 1.63. The van der Waals surface area contributed by atoms with Crippen molar-refractivity contribution in [2.24, 2.45) is 5.92 Å². The standard InChI is InChI=1S/C22H26FN3O3/c1-29-20-7-6-18(25-21(27)8-5-15-9-11-24-12-10-15)14-19(20)26-22(28)16-3-2-4-17(23)13-16/h2-4,6-7,13-15,24H,5,8-12H2,1H3,(H,25,27)(H,26,28). The van der Waals surface area contributed by atoms with Gasteiger partial charge in [0.15, 0.2) is 0 Å². The fourth-order valence-corrected chi connectivity index (χ4v) is 3.44. The minimum atomic E-state index is -0.487. The molecule has 0 atom stereocenters. The highest BCUT2D eigenvalue weighted by atomic mass is 19.1. The Bertz CT molecular complexity index is 866. The molecule has 3 rings (SSSR count). The van der Waals surface area contributed by atoms with E-state index in [4.69, 9.17) is 4.74 Å². The summed E-state index contributed by atoms with van der Waals surface area (Å²) in [5.41, 5.74) is 1.16. The van der Waals surface area contributed by atoms with E-state index in [1.807, 2.05) is 0 Å². The number of carbonyl (C=O) groups excluding carboxylic acids is 2. The molecule has 1 heterocycles. The molecule has 0 radical (unpaired) electrons. The average molecular weight is 399 g/mol. The maximum Gasteiger partial charge on any atom is 0.255 e. The summed E-state index contributed by atoms with van der Waals surface area (Å²) in [5.74, 6) is 0.0223. The van der Waals surface area contributed by atoms with Gasteiger partial charge < -0.3 is 20.7 Å². The van der Waals surface area contributed by atoms with E-state index in [9.17, 15) is 14.0 Å². The quantitative estimate of drug-likeness (QED) is 0.662. The summed E-state index contributed by atoms with van der Waals surface area (Å²) in [6, 6.07) is 10.5. The first kappa shape index (κ1) is 20.8. The van der Waals surface area contributed by atoms with Crippen LogP contribution < -0.4 is 20.7 Å². The van der Waals surface area contributed by atoms with Gasteiger partial charge in [-0.05, 0) is 74.7 Å². The van der Waals surface area contributed by atoms with E-state index in [1.165, 1.54) is 25.3 Å². The van der Waals surface area contributed by atoms with Gasteiger partial charge in [0, 0.05) is 17.7 Å². The molecular weight excluding hydrogens is 373 g/mol. The number of anilines is 2. The highest BCUT2D eigenvalue weighted by molar-refractivity contribution is 6.05. The number of hydrogen-bond acceptors (Lipinski definition) is 4. The van der Waals surface area contributed by atoms with Gasteiger partial charge in [0.1, 0.15) is 11.6 Å². The number of nitrogens with one attached hydrogen (secondary N) is 3. The van der Waals surface area contributed by atoms with E-state index >= 15 is 0 Å². The van der Waals surface area contributed by atoms with Gasteiger partial charge in [-0.25, -0.2) is 4.39 Å². The zero-order valence-electron chi connectivity index (χ0n) is 16.5. The largest absolute Gasteiger partial charge is 0.495 e. The average Bonchev–Trinajstić information content (AvgIpc) is 2.73. The number of rotatable bonds is 7. The molecule has 0 aromatic heterocycles. The fraction of sp³-hybridized carbons (Fsp3) is 0.364. The van der Waals surface area contributed by atoms with Gasteiger partial charge in [0.05, 0.1) is 12.8 Å². The van der Waals surface area contributed by atoms with Crippen LogP contribution in [-0.2, 0) is 4.79 Å². The molecule has 1 aliphatic rings. The molecular formula is C22H26FN3O3. The van der Waals surface area contributed by atoms with Crippen LogP contribution in [0.2, 0.25) is 0 Å². The molecule has 6 nitrogen and oxygen atoms in total. The van der Waals surface area contributed by atoms with Gasteiger partial charge >= 0.3 is 0 Å². The maximum absolute atomic E-state index is 13.4. The predicted molar refractivity (Wildman–Crippen MR) is 111 cm³/mol. The first-order chi connectivity index (χ1) is 14.0. The van der Waals surface area contributed by atoms with Gasteiger partial charge in [0.2, 0.25) is 5.91 Å². The number of hydrogen-bond donors (Lipinski definition) is 3. The summed E-state index contributed by atoms with van der Waals surface area (Å²) in [5, 5.41) is 8.91. The molecule has 1 fully saturated rings. The molecule has 2 amide bonds. The van der Waals surface area contributed by atoms with Crippen molar-refractivity contribution in [1.29, 1.82) is 0 Å². The highest BCUT2D eigenvalue weighted by Gasteiger charge is 2.16. The van der Waals surface area contributed by atoms with Crippen molar-refractivity contribution in [2.75, 3.05) is 30.8 Å². The Hall–Kier alpha value is -2.93. The highest BCUT2D eigenvalue weighted by Crippen LogP contribution is 2.29. The van der Waals surface area contributed by atoms with Crippen LogP contribution in [0, 0.1) is 11.7 Å². The Morgan fingerprint density at radius 2 is 1.93 bits per heavy atom. The zero-order valence-corrected chi connectivity index (χ0v) is 16.5. The number of amides is 2. The lowest BCUT2D eigenvalue weighted by molar-refractivity contribution is -0.116. The van der Waals surface area contributed by atoms with Gasteiger partial charge in [-0.15, -0.1) is 0 Å². The van der Waals surface area contributed by atoms with Crippen molar-refractivity contribution >= 4 is 23.2 Å². The van der Waals surface area contributed by atoms with Crippen LogP contribution in [0.5, 0.6) is 5.75 Å². The lowest BCUT2D eigenvalue weighted by atomic mass is 9.93. The topological polar surface area (TPSA) is 79.5 Å². The lowest BCUT2D eigenvalue weighted by Gasteiger charge is -2.22. The minimum Gasteiger partial charge on any atom is -0.495 e. The number of methoxy groups -OCH3 is 1. The van der Waals surface area contributed by atoms with E-state index in [-0.39, 0.29) is 11.5 Å². The van der Waals surface area contributed by atoms with Gasteiger partial charge in [-0.1, -0.05) is 6.07 Å². The second-order valence-corrected chi connectivity index (χ2v) is 7.16. The molecule has 154 valence electrons. The SMILES string of the molecule is COc1ccc(NC(=O)CCC2CCNCC2)cc1NC(=O)c1cccc(F)c1. The Labute approximate surface area is 169 Å². The van der Waals surface area contributed by atoms with E-state index < -0.39 is 11.7 Å². The molecule has 3 N–H and O–H groups in total. The van der Waals surface area contributed by atoms with Crippen molar-refractivity contribution in [3.05, 3.63) is 53.8 Å². The first-order valence-corrected chi connectivity index (χ1v) is 9.80. The van der Waals surface area contributed by atoms with Crippen molar-refractivity contribution < 1.29 is 18.7 Å². The summed E-state index contributed by atoms with van der Waals surface area (Å²) in [6.45, 7) is 2.03. The van der Waals surface area contributed by atoms with Crippen LogP contribution in [0.25, 0.3) is 0 Å². The molecule has 2 aromatic carbocycles. The van der Waals surface area contributed by atoms with Gasteiger partial charge in [0.25, 0.3) is 5.91 Å². The molecule has 2 aromatic rings. The number of benzene rings is 2. The molecule has 0 spiro atoms. The number of ether oxygens (including phenoxy) is 1. The second kappa shape index (κ2) is 10.0. The lowest BCUT2D eigenvalue weighted by Crippen LogP contribution is -2.28. The third-order valence-corrected chi connectivity index (χ3v) is 5.06. The molecule has 29 heavy (non-hydrogen) atoms. The zero-order chi connectivity index (χ0) is 20.6. The Morgan fingerprint density at radius 3 is 2.66 bits per heavy atom. The van der Waals surface area contributed by atoms with Gasteiger partial charge in [-0.2, -0.15) is 0 Å². The number of piperidine rings is 1. The van der Waals surface area contributed by atoms with Crippen molar-refractivity contribution in [2.45, 2.75) is 25.7 Å².